The third kappa shape index (κ3) is 3.86. The number of nitrogens with zero attached hydrogens (tertiary/aromatic N) is 2. The van der Waals surface area contributed by atoms with Gasteiger partial charge in [0.15, 0.2) is 0 Å². The van der Waals surface area contributed by atoms with E-state index in [4.69, 9.17) is 17.3 Å². The number of benzene rings is 2. The molecule has 2 aromatic rings. The average Bonchev–Trinajstić information content (AvgIpc) is 2.50. The summed E-state index contributed by atoms with van der Waals surface area (Å²) in [4.78, 5) is 0. The van der Waals surface area contributed by atoms with E-state index < -0.39 is 0 Å². The van der Waals surface area contributed by atoms with Crippen molar-refractivity contribution in [3.05, 3.63) is 71.8 Å². The number of halogens is 1. The second kappa shape index (κ2) is 6.95. The van der Waals surface area contributed by atoms with Crippen molar-refractivity contribution in [2.75, 3.05) is 17.3 Å². The zero-order valence-corrected chi connectivity index (χ0v) is 12.7. The number of para-hydroxylation sites is 1. The van der Waals surface area contributed by atoms with Crippen LogP contribution in [0.3, 0.4) is 0 Å². The number of nitrogen functional groups attached to an aromatic ring is 1. The lowest BCUT2D eigenvalue weighted by Gasteiger charge is -2.19. The van der Waals surface area contributed by atoms with Crippen LogP contribution in [0.1, 0.15) is 12.5 Å². The Bertz CT molecular complexity index is 650. The lowest BCUT2D eigenvalue weighted by Crippen LogP contribution is -2.18. The van der Waals surface area contributed by atoms with Crippen molar-refractivity contribution in [1.82, 2.24) is 0 Å². The molecule has 0 spiro atoms. The van der Waals surface area contributed by atoms with E-state index in [1.165, 1.54) is 0 Å². The highest BCUT2D eigenvalue weighted by molar-refractivity contribution is 6.31. The molecule has 0 saturated heterocycles. The lowest BCUT2D eigenvalue weighted by atomic mass is 10.1. The fourth-order valence-electron chi connectivity index (χ4n) is 2.00. The van der Waals surface area contributed by atoms with E-state index in [2.05, 4.69) is 11.7 Å². The molecule has 0 aliphatic rings. The van der Waals surface area contributed by atoms with Gasteiger partial charge >= 0.3 is 0 Å². The molecule has 0 heterocycles. The minimum Gasteiger partial charge on any atom is -0.398 e. The number of nitrogens with two attached hydrogens (primary N) is 1. The predicted molar refractivity (Wildman–Crippen MR) is 92.1 cm³/mol. The Morgan fingerprint density at radius 2 is 2.00 bits per heavy atom. The van der Waals surface area contributed by atoms with E-state index in [1.807, 2.05) is 54.4 Å². The average molecular weight is 300 g/mol. The molecule has 4 heteroatoms. The molecule has 0 amide bonds. The van der Waals surface area contributed by atoms with E-state index in [9.17, 15) is 0 Å². The van der Waals surface area contributed by atoms with Gasteiger partial charge in [0.2, 0.25) is 0 Å². The fraction of sp³-hybridized carbons (Fsp3) is 0.118. The molecule has 0 aromatic heterocycles. The molecule has 2 N–H and O–H groups in total. The number of anilines is 2. The van der Waals surface area contributed by atoms with Gasteiger partial charge < -0.3 is 5.73 Å². The van der Waals surface area contributed by atoms with Gasteiger partial charge in [-0.15, -0.1) is 6.58 Å². The molecule has 2 aromatic carbocycles. The molecule has 0 bridgehead atoms. The number of hydrazone groups is 1. The van der Waals surface area contributed by atoms with Crippen LogP contribution >= 0.6 is 11.6 Å². The standard InChI is InChI=1S/C17H18ClN3/c1-3-11-21(15-7-5-4-6-8-15)20-13(2)16-12-14(18)9-10-17(16)19/h3-10,12H,1,11,19H2,2H3/b20-13+. The maximum Gasteiger partial charge on any atom is 0.0672 e. The molecule has 0 aliphatic heterocycles. The van der Waals surface area contributed by atoms with Crippen molar-refractivity contribution in [2.45, 2.75) is 6.92 Å². The van der Waals surface area contributed by atoms with E-state index in [1.54, 1.807) is 12.1 Å². The maximum atomic E-state index is 6.04. The van der Waals surface area contributed by atoms with Gasteiger partial charge in [0, 0.05) is 16.3 Å². The topological polar surface area (TPSA) is 41.6 Å². The van der Waals surface area contributed by atoms with Gasteiger partial charge in [0.1, 0.15) is 0 Å². The molecule has 0 atom stereocenters. The molecule has 3 nitrogen and oxygen atoms in total. The minimum atomic E-state index is 0.613. The van der Waals surface area contributed by atoms with Gasteiger partial charge in [-0.1, -0.05) is 35.9 Å². The van der Waals surface area contributed by atoms with Crippen molar-refractivity contribution in [2.24, 2.45) is 5.10 Å². The van der Waals surface area contributed by atoms with Crippen molar-refractivity contribution in [3.63, 3.8) is 0 Å². The van der Waals surface area contributed by atoms with Crippen LogP contribution in [0.4, 0.5) is 11.4 Å². The minimum absolute atomic E-state index is 0.613. The Hall–Kier alpha value is -2.26. The second-order valence-electron chi connectivity index (χ2n) is 4.62. The van der Waals surface area contributed by atoms with E-state index in [0.29, 0.717) is 17.3 Å². The lowest BCUT2D eigenvalue weighted by molar-refractivity contribution is 0.940. The zero-order chi connectivity index (χ0) is 15.2. The first-order valence-electron chi connectivity index (χ1n) is 6.66. The SMILES string of the molecule is C=CCN(/N=C(\C)c1cc(Cl)ccc1N)c1ccccc1. The summed E-state index contributed by atoms with van der Waals surface area (Å²) in [5, 5.41) is 7.17. The Kier molecular flexibility index (Phi) is 5.01. The van der Waals surface area contributed by atoms with Crippen LogP contribution in [0.15, 0.2) is 66.3 Å². The van der Waals surface area contributed by atoms with Crippen LogP contribution < -0.4 is 10.7 Å². The first-order valence-corrected chi connectivity index (χ1v) is 7.03. The summed E-state index contributed by atoms with van der Waals surface area (Å²) in [6, 6.07) is 15.3. The van der Waals surface area contributed by atoms with Gasteiger partial charge in [-0.2, -0.15) is 5.10 Å². The second-order valence-corrected chi connectivity index (χ2v) is 5.06. The normalized spacial score (nSPS) is 11.2. The van der Waals surface area contributed by atoms with Gasteiger partial charge in [0.25, 0.3) is 0 Å². The van der Waals surface area contributed by atoms with Crippen LogP contribution in [0, 0.1) is 0 Å². The molecule has 108 valence electrons. The number of rotatable bonds is 5. The van der Waals surface area contributed by atoms with Crippen molar-refractivity contribution in [3.8, 4) is 0 Å². The van der Waals surface area contributed by atoms with Gasteiger partial charge in [-0.25, -0.2) is 0 Å². The summed E-state index contributed by atoms with van der Waals surface area (Å²) in [5.74, 6) is 0. The highest BCUT2D eigenvalue weighted by Gasteiger charge is 2.08. The Morgan fingerprint density at radius 3 is 2.67 bits per heavy atom. The molecule has 0 fully saturated rings. The molecular weight excluding hydrogens is 282 g/mol. The first kappa shape index (κ1) is 15.1. The fourth-order valence-corrected chi connectivity index (χ4v) is 2.18. The van der Waals surface area contributed by atoms with Crippen molar-refractivity contribution >= 4 is 28.7 Å². The molecule has 0 unspecified atom stereocenters. The Labute approximate surface area is 130 Å². The summed E-state index contributed by atoms with van der Waals surface area (Å²) in [6.45, 7) is 6.31. The highest BCUT2D eigenvalue weighted by Crippen LogP contribution is 2.20. The number of hydrogen-bond donors (Lipinski definition) is 1. The van der Waals surface area contributed by atoms with Crippen LogP contribution in [-0.2, 0) is 0 Å². The first-order chi connectivity index (χ1) is 10.1. The molecule has 0 saturated carbocycles. The molecule has 2 rings (SSSR count). The smallest absolute Gasteiger partial charge is 0.0672 e. The predicted octanol–water partition coefficient (Wildman–Crippen LogP) is 4.34. The Balaban J connectivity index is 2.38. The van der Waals surface area contributed by atoms with E-state index in [0.717, 1.165) is 17.0 Å². The van der Waals surface area contributed by atoms with Crippen LogP contribution in [0.5, 0.6) is 0 Å². The maximum absolute atomic E-state index is 6.04. The summed E-state index contributed by atoms with van der Waals surface area (Å²) in [6.07, 6.45) is 1.81. The molecule has 0 radical (unpaired) electrons. The summed E-state index contributed by atoms with van der Waals surface area (Å²) >= 11 is 6.04. The van der Waals surface area contributed by atoms with E-state index >= 15 is 0 Å². The van der Waals surface area contributed by atoms with Crippen LogP contribution in [0.25, 0.3) is 0 Å². The third-order valence-corrected chi connectivity index (χ3v) is 3.27. The summed E-state index contributed by atoms with van der Waals surface area (Å²) < 4.78 is 0. The van der Waals surface area contributed by atoms with Gasteiger partial charge in [0.05, 0.1) is 17.9 Å². The van der Waals surface area contributed by atoms with Crippen LogP contribution in [-0.4, -0.2) is 12.3 Å². The van der Waals surface area contributed by atoms with Gasteiger partial charge in [-0.05, 0) is 37.3 Å². The zero-order valence-electron chi connectivity index (χ0n) is 12.0. The van der Waals surface area contributed by atoms with Crippen molar-refractivity contribution < 1.29 is 0 Å². The molecule has 0 aliphatic carbocycles. The molecule has 21 heavy (non-hydrogen) atoms. The summed E-state index contributed by atoms with van der Waals surface area (Å²) in [5.41, 5.74) is 9.30. The number of hydrogen-bond acceptors (Lipinski definition) is 3. The third-order valence-electron chi connectivity index (χ3n) is 3.03. The van der Waals surface area contributed by atoms with Crippen LogP contribution in [0.2, 0.25) is 5.02 Å². The largest absolute Gasteiger partial charge is 0.398 e. The summed E-state index contributed by atoms with van der Waals surface area (Å²) in [7, 11) is 0. The van der Waals surface area contributed by atoms with E-state index in [-0.39, 0.29) is 0 Å². The quantitative estimate of drug-likeness (QED) is 0.386. The monoisotopic (exact) mass is 299 g/mol. The Morgan fingerprint density at radius 1 is 1.29 bits per heavy atom. The van der Waals surface area contributed by atoms with Crippen molar-refractivity contribution in [1.29, 1.82) is 0 Å². The van der Waals surface area contributed by atoms with Gasteiger partial charge in [-0.3, -0.25) is 5.01 Å². The molecular formula is C17H18ClN3. The highest BCUT2D eigenvalue weighted by atomic mass is 35.5.